The molecule has 0 N–H and O–H groups in total. The van der Waals surface area contributed by atoms with Crippen LogP contribution in [0.1, 0.15) is 42.2 Å². The predicted molar refractivity (Wildman–Crippen MR) is 86.5 cm³/mol. The molecule has 2 amide bonds. The van der Waals surface area contributed by atoms with Crippen LogP contribution in [0.5, 0.6) is 0 Å². The number of benzene rings is 1. The monoisotopic (exact) mass is 344 g/mol. The van der Waals surface area contributed by atoms with Crippen molar-refractivity contribution in [2.75, 3.05) is 6.54 Å². The second-order valence-electron chi connectivity index (χ2n) is 5.20. The molecule has 0 aliphatic carbocycles. The van der Waals surface area contributed by atoms with Gasteiger partial charge in [-0.25, -0.2) is 0 Å². The summed E-state index contributed by atoms with van der Waals surface area (Å²) in [5.41, 5.74) is -0.714. The number of hydrogen-bond donors (Lipinski definition) is 0. The predicted octanol–water partition coefficient (Wildman–Crippen LogP) is 2.70. The van der Waals surface area contributed by atoms with Crippen LogP contribution in [0.3, 0.4) is 0 Å². The van der Waals surface area contributed by atoms with E-state index in [2.05, 4.69) is 0 Å². The molecule has 2 aromatic rings. The van der Waals surface area contributed by atoms with E-state index in [0.29, 0.717) is 4.88 Å². The highest BCUT2D eigenvalue weighted by molar-refractivity contribution is 7.14. The summed E-state index contributed by atoms with van der Waals surface area (Å²) in [6, 6.07) is 7.35. The summed E-state index contributed by atoms with van der Waals surface area (Å²) < 4.78 is 0. The molecule has 24 heavy (non-hydrogen) atoms. The fraction of sp³-hybridized carbons (Fsp3) is 0.188. The second-order valence-corrected chi connectivity index (χ2v) is 6.36. The van der Waals surface area contributed by atoms with Crippen molar-refractivity contribution in [3.63, 3.8) is 0 Å². The zero-order chi connectivity index (χ0) is 17.4. The number of carbonyl (C=O) groups is 3. The first-order valence-corrected chi connectivity index (χ1v) is 8.01. The number of fused-ring (bicyclic) bond motifs is 1. The van der Waals surface area contributed by atoms with E-state index in [1.807, 2.05) is 13.0 Å². The Labute approximate surface area is 140 Å². The lowest BCUT2D eigenvalue weighted by Gasteiger charge is -2.11. The average molecular weight is 344 g/mol. The Hall–Kier alpha value is -2.87. The first-order valence-electron chi connectivity index (χ1n) is 7.19. The number of nitro groups is 1. The SMILES string of the molecule is CCc1ccc(C(=O)CN2C(=O)c3cccc([N+](=O)[O-])c3C2=O)s1. The van der Waals surface area contributed by atoms with E-state index in [4.69, 9.17) is 0 Å². The van der Waals surface area contributed by atoms with Crippen LogP contribution in [0.25, 0.3) is 0 Å². The molecule has 0 atom stereocenters. The first kappa shape index (κ1) is 16.0. The van der Waals surface area contributed by atoms with Crippen LogP contribution in [0.4, 0.5) is 5.69 Å². The third-order valence-electron chi connectivity index (χ3n) is 3.76. The maximum absolute atomic E-state index is 12.4. The van der Waals surface area contributed by atoms with Gasteiger partial charge in [0.05, 0.1) is 21.9 Å². The Morgan fingerprint density at radius 2 is 1.96 bits per heavy atom. The minimum atomic E-state index is -0.803. The van der Waals surface area contributed by atoms with Gasteiger partial charge in [-0.05, 0) is 24.6 Å². The molecule has 0 radical (unpaired) electrons. The third-order valence-corrected chi connectivity index (χ3v) is 5.03. The minimum absolute atomic E-state index is 0.0394. The van der Waals surface area contributed by atoms with E-state index in [9.17, 15) is 24.5 Å². The second kappa shape index (κ2) is 5.97. The van der Waals surface area contributed by atoms with Crippen molar-refractivity contribution in [3.05, 3.63) is 61.3 Å². The summed E-state index contributed by atoms with van der Waals surface area (Å²) in [7, 11) is 0. The highest BCUT2D eigenvalue weighted by Crippen LogP contribution is 2.31. The van der Waals surface area contributed by atoms with Gasteiger partial charge in [-0.1, -0.05) is 13.0 Å². The van der Waals surface area contributed by atoms with Crippen molar-refractivity contribution in [2.45, 2.75) is 13.3 Å². The van der Waals surface area contributed by atoms with Gasteiger partial charge >= 0.3 is 0 Å². The Balaban J connectivity index is 1.90. The number of thiophene rings is 1. The average Bonchev–Trinajstić information content (AvgIpc) is 3.14. The summed E-state index contributed by atoms with van der Waals surface area (Å²) in [4.78, 5) is 49.7. The topological polar surface area (TPSA) is 97.6 Å². The number of aryl methyl sites for hydroxylation is 1. The van der Waals surface area contributed by atoms with Gasteiger partial charge in [-0.15, -0.1) is 11.3 Å². The number of imide groups is 1. The van der Waals surface area contributed by atoms with Gasteiger partial charge in [-0.3, -0.25) is 29.4 Å². The summed E-state index contributed by atoms with van der Waals surface area (Å²) in [6.45, 7) is 1.54. The van der Waals surface area contributed by atoms with Crippen LogP contribution in [0.15, 0.2) is 30.3 Å². The molecule has 0 spiro atoms. The van der Waals surface area contributed by atoms with Crippen molar-refractivity contribution in [2.24, 2.45) is 0 Å². The highest BCUT2D eigenvalue weighted by Gasteiger charge is 2.41. The molecule has 8 heteroatoms. The lowest BCUT2D eigenvalue weighted by atomic mass is 10.1. The van der Waals surface area contributed by atoms with Gasteiger partial charge in [-0.2, -0.15) is 0 Å². The van der Waals surface area contributed by atoms with Crippen molar-refractivity contribution in [3.8, 4) is 0 Å². The number of carbonyl (C=O) groups excluding carboxylic acids is 3. The Morgan fingerprint density at radius 3 is 2.58 bits per heavy atom. The number of hydrogen-bond acceptors (Lipinski definition) is 6. The van der Waals surface area contributed by atoms with E-state index in [-0.39, 0.29) is 16.9 Å². The molecule has 7 nitrogen and oxygen atoms in total. The largest absolute Gasteiger partial charge is 0.291 e. The molecule has 1 aromatic heterocycles. The Morgan fingerprint density at radius 1 is 1.21 bits per heavy atom. The third kappa shape index (κ3) is 2.50. The van der Waals surface area contributed by atoms with E-state index < -0.39 is 29.0 Å². The highest BCUT2D eigenvalue weighted by atomic mass is 32.1. The maximum Gasteiger partial charge on any atom is 0.282 e. The number of nitro benzene ring substituents is 1. The molecule has 3 rings (SSSR count). The van der Waals surface area contributed by atoms with E-state index in [1.54, 1.807) is 6.07 Å². The number of amides is 2. The lowest BCUT2D eigenvalue weighted by molar-refractivity contribution is -0.385. The summed E-state index contributed by atoms with van der Waals surface area (Å²) >= 11 is 1.31. The summed E-state index contributed by atoms with van der Waals surface area (Å²) in [5, 5.41) is 11.1. The van der Waals surface area contributed by atoms with Crippen LogP contribution in [0, 0.1) is 10.1 Å². The normalized spacial score (nSPS) is 13.3. The summed E-state index contributed by atoms with van der Waals surface area (Å²) in [5.74, 6) is -1.85. The maximum atomic E-state index is 12.4. The standard InChI is InChI=1S/C16H12N2O5S/c1-2-9-6-7-13(24-9)12(19)8-17-15(20)10-4-3-5-11(18(22)23)14(10)16(17)21/h3-7H,2,8H2,1H3. The molecular weight excluding hydrogens is 332 g/mol. The van der Waals surface area contributed by atoms with Crippen LogP contribution in [0.2, 0.25) is 0 Å². The smallest absolute Gasteiger partial charge is 0.282 e. The Bertz CT molecular complexity index is 886. The van der Waals surface area contributed by atoms with Gasteiger partial charge in [0.15, 0.2) is 5.78 Å². The molecule has 0 saturated carbocycles. The molecule has 0 fully saturated rings. The van der Waals surface area contributed by atoms with Gasteiger partial charge in [0.2, 0.25) is 0 Å². The summed E-state index contributed by atoms with van der Waals surface area (Å²) in [6.07, 6.45) is 0.789. The minimum Gasteiger partial charge on any atom is -0.291 e. The lowest BCUT2D eigenvalue weighted by Crippen LogP contribution is -2.34. The molecule has 1 aromatic carbocycles. The van der Waals surface area contributed by atoms with Crippen molar-refractivity contribution < 1.29 is 19.3 Å². The molecule has 0 saturated heterocycles. The molecule has 0 unspecified atom stereocenters. The molecule has 122 valence electrons. The fourth-order valence-corrected chi connectivity index (χ4v) is 3.43. The zero-order valence-corrected chi connectivity index (χ0v) is 13.5. The van der Waals surface area contributed by atoms with Crippen molar-refractivity contribution in [1.82, 2.24) is 4.90 Å². The number of nitrogens with zero attached hydrogens (tertiary/aromatic N) is 2. The molecule has 1 aliphatic rings. The van der Waals surface area contributed by atoms with Crippen molar-refractivity contribution in [1.29, 1.82) is 0 Å². The van der Waals surface area contributed by atoms with E-state index >= 15 is 0 Å². The molecule has 1 aliphatic heterocycles. The van der Waals surface area contributed by atoms with Crippen LogP contribution >= 0.6 is 11.3 Å². The molecular formula is C16H12N2O5S. The fourth-order valence-electron chi connectivity index (χ4n) is 2.55. The first-order chi connectivity index (χ1) is 11.4. The number of Topliss-reactive ketones (excluding diaryl/α,β-unsaturated/α-hetero) is 1. The van der Waals surface area contributed by atoms with Gasteiger partial charge in [0, 0.05) is 10.9 Å². The number of ketones is 1. The van der Waals surface area contributed by atoms with Gasteiger partial charge in [0.1, 0.15) is 5.56 Å². The molecule has 0 bridgehead atoms. The number of rotatable bonds is 5. The van der Waals surface area contributed by atoms with E-state index in [0.717, 1.165) is 16.2 Å². The van der Waals surface area contributed by atoms with Crippen LogP contribution in [-0.2, 0) is 6.42 Å². The molecule has 2 heterocycles. The van der Waals surface area contributed by atoms with Crippen LogP contribution in [-0.4, -0.2) is 34.0 Å². The van der Waals surface area contributed by atoms with E-state index in [1.165, 1.54) is 29.5 Å². The zero-order valence-electron chi connectivity index (χ0n) is 12.6. The Kier molecular flexibility index (Phi) is 3.98. The van der Waals surface area contributed by atoms with Gasteiger partial charge in [0.25, 0.3) is 17.5 Å². The van der Waals surface area contributed by atoms with Crippen LogP contribution < -0.4 is 0 Å². The quantitative estimate of drug-likeness (QED) is 0.359. The van der Waals surface area contributed by atoms with Crippen molar-refractivity contribution >= 4 is 34.6 Å². The van der Waals surface area contributed by atoms with Gasteiger partial charge < -0.3 is 0 Å².